The lowest BCUT2D eigenvalue weighted by Gasteiger charge is -2.15. The summed E-state index contributed by atoms with van der Waals surface area (Å²) < 4.78 is 5.06. The van der Waals surface area contributed by atoms with Crippen molar-refractivity contribution >= 4 is 11.9 Å². The maximum Gasteiger partial charge on any atom is 0.330 e. The summed E-state index contributed by atoms with van der Waals surface area (Å²) in [5.74, 6) is -0.718. The van der Waals surface area contributed by atoms with Crippen molar-refractivity contribution in [1.82, 2.24) is 5.32 Å². The minimum absolute atomic E-state index is 0.268. The number of carbonyl (C=O) groups excluding carboxylic acids is 1. The number of methoxy groups -OCH3 is 1. The quantitative estimate of drug-likeness (QED) is 0.773. The van der Waals surface area contributed by atoms with Crippen LogP contribution in [0.2, 0.25) is 0 Å². The minimum Gasteiger partial charge on any atom is -0.497 e. The summed E-state index contributed by atoms with van der Waals surface area (Å²) in [7, 11) is 1.54. The molecule has 0 saturated heterocycles. The van der Waals surface area contributed by atoms with Gasteiger partial charge in [0, 0.05) is 6.42 Å². The molecule has 1 amide bonds. The predicted octanol–water partition coefficient (Wildman–Crippen LogP) is 3.27. The van der Waals surface area contributed by atoms with Gasteiger partial charge in [0.05, 0.1) is 7.11 Å². The van der Waals surface area contributed by atoms with Crippen LogP contribution < -0.4 is 10.1 Å². The molecule has 0 fully saturated rings. The van der Waals surface area contributed by atoms with E-state index in [1.54, 1.807) is 31.4 Å². The van der Waals surface area contributed by atoms with E-state index in [1.165, 1.54) is 11.1 Å². The van der Waals surface area contributed by atoms with Gasteiger partial charge in [-0.05, 0) is 43.0 Å². The summed E-state index contributed by atoms with van der Waals surface area (Å²) in [4.78, 5) is 23.6. The van der Waals surface area contributed by atoms with Crippen molar-refractivity contribution in [3.8, 4) is 5.75 Å². The molecule has 0 saturated carbocycles. The first kappa shape index (κ1) is 18.5. The lowest BCUT2D eigenvalue weighted by Crippen LogP contribution is -2.33. The van der Waals surface area contributed by atoms with Crippen molar-refractivity contribution in [1.29, 1.82) is 0 Å². The Morgan fingerprint density at radius 2 is 1.72 bits per heavy atom. The Bertz CT molecular complexity index is 707. The number of aryl methyl sites for hydroxylation is 2. The third-order valence-corrected chi connectivity index (χ3v) is 3.99. The SMILES string of the molecule is COc1ccc(C(NC(=O)CCCc2ccc(C)cc2)C(=O)O)cc1. The van der Waals surface area contributed by atoms with E-state index in [0.717, 1.165) is 6.42 Å². The zero-order chi connectivity index (χ0) is 18.2. The number of hydrogen-bond donors (Lipinski definition) is 2. The van der Waals surface area contributed by atoms with Gasteiger partial charge in [0.1, 0.15) is 5.75 Å². The van der Waals surface area contributed by atoms with Crippen LogP contribution in [0.1, 0.15) is 35.6 Å². The van der Waals surface area contributed by atoms with Gasteiger partial charge in [0.15, 0.2) is 6.04 Å². The van der Waals surface area contributed by atoms with E-state index in [1.807, 2.05) is 31.2 Å². The van der Waals surface area contributed by atoms with Gasteiger partial charge >= 0.3 is 5.97 Å². The number of rotatable bonds is 8. The van der Waals surface area contributed by atoms with Crippen LogP contribution in [0.15, 0.2) is 48.5 Å². The zero-order valence-electron chi connectivity index (χ0n) is 14.5. The summed E-state index contributed by atoms with van der Waals surface area (Å²) in [6.45, 7) is 2.03. The normalized spacial score (nSPS) is 11.6. The molecule has 2 aromatic carbocycles. The number of benzene rings is 2. The highest BCUT2D eigenvalue weighted by molar-refractivity contribution is 5.84. The first-order chi connectivity index (χ1) is 12.0. The van der Waals surface area contributed by atoms with E-state index in [-0.39, 0.29) is 12.3 Å². The van der Waals surface area contributed by atoms with Crippen LogP contribution in [0.25, 0.3) is 0 Å². The van der Waals surface area contributed by atoms with E-state index in [2.05, 4.69) is 5.32 Å². The molecule has 0 spiro atoms. The standard InChI is InChI=1S/C20H23NO4/c1-14-6-8-15(9-7-14)4-3-5-18(22)21-19(20(23)24)16-10-12-17(25-2)13-11-16/h6-13,19H,3-5H2,1-2H3,(H,21,22)(H,23,24). The van der Waals surface area contributed by atoms with Crippen molar-refractivity contribution in [2.75, 3.05) is 7.11 Å². The molecule has 0 bridgehead atoms. The molecular weight excluding hydrogens is 318 g/mol. The van der Waals surface area contributed by atoms with Gasteiger partial charge in [-0.1, -0.05) is 42.0 Å². The molecule has 1 atom stereocenters. The fraction of sp³-hybridized carbons (Fsp3) is 0.300. The number of nitrogens with one attached hydrogen (secondary N) is 1. The molecule has 0 aliphatic rings. The van der Waals surface area contributed by atoms with Crippen LogP contribution in [0.3, 0.4) is 0 Å². The molecule has 0 radical (unpaired) electrons. The van der Waals surface area contributed by atoms with Crippen LogP contribution in [0.5, 0.6) is 5.75 Å². The minimum atomic E-state index is -1.09. The number of carboxylic acids is 1. The summed E-state index contributed by atoms with van der Waals surface area (Å²) in [5.41, 5.74) is 2.88. The molecule has 0 aliphatic heterocycles. The lowest BCUT2D eigenvalue weighted by molar-refractivity contribution is -0.142. The third kappa shape index (κ3) is 5.64. The Hall–Kier alpha value is -2.82. The molecule has 132 valence electrons. The van der Waals surface area contributed by atoms with Gasteiger partial charge in [-0.25, -0.2) is 4.79 Å². The zero-order valence-corrected chi connectivity index (χ0v) is 14.5. The maximum absolute atomic E-state index is 12.1. The number of amides is 1. The maximum atomic E-state index is 12.1. The van der Waals surface area contributed by atoms with E-state index >= 15 is 0 Å². The largest absolute Gasteiger partial charge is 0.497 e. The monoisotopic (exact) mass is 341 g/mol. The number of carboxylic acid groups (broad SMARTS) is 1. The topological polar surface area (TPSA) is 75.6 Å². The Balaban J connectivity index is 1.88. The summed E-state index contributed by atoms with van der Waals surface area (Å²) in [6, 6.07) is 13.8. The lowest BCUT2D eigenvalue weighted by atomic mass is 10.0. The molecule has 2 aromatic rings. The Kier molecular flexibility index (Phi) is 6.57. The van der Waals surface area contributed by atoms with Gasteiger partial charge in [-0.3, -0.25) is 4.79 Å². The second-order valence-corrected chi connectivity index (χ2v) is 5.95. The number of carbonyl (C=O) groups is 2. The Morgan fingerprint density at radius 3 is 2.28 bits per heavy atom. The molecular formula is C20H23NO4. The van der Waals surface area contributed by atoms with Crippen LogP contribution in [0.4, 0.5) is 0 Å². The predicted molar refractivity (Wildman–Crippen MR) is 95.6 cm³/mol. The van der Waals surface area contributed by atoms with Crippen molar-refractivity contribution in [2.24, 2.45) is 0 Å². The van der Waals surface area contributed by atoms with Crippen LogP contribution in [-0.2, 0) is 16.0 Å². The number of ether oxygens (including phenoxy) is 1. The van der Waals surface area contributed by atoms with Crippen LogP contribution in [-0.4, -0.2) is 24.1 Å². The second-order valence-electron chi connectivity index (χ2n) is 5.95. The summed E-state index contributed by atoms with van der Waals surface area (Å²) in [6.07, 6.45) is 1.74. The molecule has 5 nitrogen and oxygen atoms in total. The molecule has 0 aromatic heterocycles. The first-order valence-corrected chi connectivity index (χ1v) is 8.21. The second kappa shape index (κ2) is 8.87. The molecule has 5 heteroatoms. The van der Waals surface area contributed by atoms with Gasteiger partial charge in [-0.15, -0.1) is 0 Å². The van der Waals surface area contributed by atoms with Gasteiger partial charge in [-0.2, -0.15) is 0 Å². The van der Waals surface area contributed by atoms with Crippen LogP contribution in [0, 0.1) is 6.92 Å². The third-order valence-electron chi connectivity index (χ3n) is 3.99. The van der Waals surface area contributed by atoms with Crippen molar-refractivity contribution in [3.63, 3.8) is 0 Å². The van der Waals surface area contributed by atoms with Crippen molar-refractivity contribution < 1.29 is 19.4 Å². The molecule has 2 rings (SSSR count). The molecule has 0 heterocycles. The van der Waals surface area contributed by atoms with E-state index in [4.69, 9.17) is 4.74 Å². The average Bonchev–Trinajstić information content (AvgIpc) is 2.61. The first-order valence-electron chi connectivity index (χ1n) is 8.21. The highest BCUT2D eigenvalue weighted by atomic mass is 16.5. The highest BCUT2D eigenvalue weighted by Crippen LogP contribution is 2.18. The molecule has 0 aliphatic carbocycles. The average molecular weight is 341 g/mol. The van der Waals surface area contributed by atoms with E-state index < -0.39 is 12.0 Å². The van der Waals surface area contributed by atoms with Crippen molar-refractivity contribution in [3.05, 3.63) is 65.2 Å². The van der Waals surface area contributed by atoms with Crippen molar-refractivity contribution in [2.45, 2.75) is 32.2 Å². The highest BCUT2D eigenvalue weighted by Gasteiger charge is 2.21. The Morgan fingerprint density at radius 1 is 1.08 bits per heavy atom. The van der Waals surface area contributed by atoms with Crippen LogP contribution >= 0.6 is 0 Å². The summed E-state index contributed by atoms with van der Waals surface area (Å²) in [5, 5.41) is 12.0. The molecule has 2 N–H and O–H groups in total. The summed E-state index contributed by atoms with van der Waals surface area (Å²) >= 11 is 0. The van der Waals surface area contributed by atoms with Gasteiger partial charge < -0.3 is 15.2 Å². The number of hydrogen-bond acceptors (Lipinski definition) is 3. The van der Waals surface area contributed by atoms with Gasteiger partial charge in [0.25, 0.3) is 0 Å². The molecule has 1 unspecified atom stereocenters. The van der Waals surface area contributed by atoms with E-state index in [9.17, 15) is 14.7 Å². The Labute approximate surface area is 147 Å². The fourth-order valence-electron chi connectivity index (χ4n) is 2.52. The van der Waals surface area contributed by atoms with E-state index in [0.29, 0.717) is 17.7 Å². The van der Waals surface area contributed by atoms with Gasteiger partial charge in [0.2, 0.25) is 5.91 Å². The smallest absolute Gasteiger partial charge is 0.330 e. The number of aliphatic carboxylic acids is 1. The molecule has 25 heavy (non-hydrogen) atoms. The fourth-order valence-corrected chi connectivity index (χ4v) is 2.52.